The molecule has 0 saturated carbocycles. The van der Waals surface area contributed by atoms with E-state index in [-0.39, 0.29) is 17.6 Å². The van der Waals surface area contributed by atoms with Gasteiger partial charge in [0.1, 0.15) is 6.10 Å². The van der Waals surface area contributed by atoms with Gasteiger partial charge in [0.25, 0.3) is 0 Å². The molecule has 2 atom stereocenters. The fourth-order valence-corrected chi connectivity index (χ4v) is 3.62. The van der Waals surface area contributed by atoms with Crippen molar-refractivity contribution in [3.8, 4) is 0 Å². The zero-order chi connectivity index (χ0) is 15.8. The molecule has 1 heterocycles. The summed E-state index contributed by atoms with van der Waals surface area (Å²) in [7, 11) is 0. The Morgan fingerprint density at radius 1 is 1.38 bits per heavy atom. The van der Waals surface area contributed by atoms with Crippen LogP contribution in [0.25, 0.3) is 0 Å². The average molecular weight is 373 g/mol. The summed E-state index contributed by atoms with van der Waals surface area (Å²) in [6.45, 7) is 1.45. The number of carbonyl (C=O) groups is 2. The lowest BCUT2D eigenvalue weighted by molar-refractivity contribution is -0.145. The lowest BCUT2D eigenvalue weighted by Gasteiger charge is -2.27. The van der Waals surface area contributed by atoms with Crippen LogP contribution < -0.4 is 0 Å². The standard InChI is InChI=1S/C14H13BrO5S/c1-14(13(19)20)5-7(4-8(6-14)12(17)18)11(16)9-2-3-10(15)21-9/h2-5,11,16H,6H2,1H3,(H,17,18)(H,19,20). The van der Waals surface area contributed by atoms with Crippen LogP contribution >= 0.6 is 27.3 Å². The first-order chi connectivity index (χ1) is 9.73. The summed E-state index contributed by atoms with van der Waals surface area (Å²) >= 11 is 4.60. The number of halogens is 1. The molecule has 1 aromatic heterocycles. The van der Waals surface area contributed by atoms with Crippen LogP contribution in [0.3, 0.4) is 0 Å². The summed E-state index contributed by atoms with van der Waals surface area (Å²) in [6, 6.07) is 3.48. The van der Waals surface area contributed by atoms with Crippen LogP contribution in [0.15, 0.2) is 39.2 Å². The number of carboxylic acid groups (broad SMARTS) is 2. The van der Waals surface area contributed by atoms with Crippen molar-refractivity contribution in [1.29, 1.82) is 0 Å². The highest BCUT2D eigenvalue weighted by atomic mass is 79.9. The lowest BCUT2D eigenvalue weighted by atomic mass is 9.76. The summed E-state index contributed by atoms with van der Waals surface area (Å²) in [6.07, 6.45) is 1.63. The number of carboxylic acids is 2. The van der Waals surface area contributed by atoms with Gasteiger partial charge < -0.3 is 15.3 Å². The zero-order valence-corrected chi connectivity index (χ0v) is 13.4. The molecule has 7 heteroatoms. The molecule has 0 radical (unpaired) electrons. The molecule has 0 aromatic carbocycles. The predicted molar refractivity (Wildman–Crippen MR) is 81.1 cm³/mol. The first kappa shape index (κ1) is 15.9. The molecule has 5 nitrogen and oxygen atoms in total. The third-order valence-electron chi connectivity index (χ3n) is 3.33. The Hall–Kier alpha value is -1.44. The topological polar surface area (TPSA) is 94.8 Å². The summed E-state index contributed by atoms with van der Waals surface area (Å²) < 4.78 is 0.830. The van der Waals surface area contributed by atoms with Crippen molar-refractivity contribution in [1.82, 2.24) is 0 Å². The van der Waals surface area contributed by atoms with Crippen LogP contribution in [0, 0.1) is 5.41 Å². The second-order valence-electron chi connectivity index (χ2n) is 5.06. The minimum absolute atomic E-state index is 0.0212. The maximum Gasteiger partial charge on any atom is 0.331 e. The molecule has 2 rings (SSSR count). The van der Waals surface area contributed by atoms with Crippen molar-refractivity contribution >= 4 is 39.2 Å². The molecule has 0 saturated heterocycles. The van der Waals surface area contributed by atoms with Crippen molar-refractivity contribution < 1.29 is 24.9 Å². The van der Waals surface area contributed by atoms with Gasteiger partial charge in [-0.2, -0.15) is 0 Å². The molecule has 112 valence electrons. The number of rotatable bonds is 4. The van der Waals surface area contributed by atoms with E-state index >= 15 is 0 Å². The molecule has 0 aliphatic heterocycles. The van der Waals surface area contributed by atoms with E-state index in [2.05, 4.69) is 15.9 Å². The molecular weight excluding hydrogens is 360 g/mol. The summed E-state index contributed by atoms with van der Waals surface area (Å²) in [5, 5.41) is 28.8. The van der Waals surface area contributed by atoms with Gasteiger partial charge in [0.2, 0.25) is 0 Å². The van der Waals surface area contributed by atoms with E-state index in [1.807, 2.05) is 0 Å². The van der Waals surface area contributed by atoms with Gasteiger partial charge in [0.05, 0.1) is 9.20 Å². The molecule has 1 aliphatic rings. The highest BCUT2D eigenvalue weighted by molar-refractivity contribution is 9.11. The maximum atomic E-state index is 11.4. The molecular formula is C14H13BrO5S. The SMILES string of the molecule is CC1(C(=O)O)C=C(C(O)c2ccc(Br)s2)C=C(C(=O)O)C1. The normalized spacial score (nSPS) is 23.2. The van der Waals surface area contributed by atoms with Crippen molar-refractivity contribution in [2.24, 2.45) is 5.41 Å². The number of thiophene rings is 1. The number of aliphatic carboxylic acids is 2. The first-order valence-electron chi connectivity index (χ1n) is 6.06. The minimum atomic E-state index is -1.34. The average Bonchev–Trinajstić information content (AvgIpc) is 2.83. The van der Waals surface area contributed by atoms with Gasteiger partial charge in [-0.1, -0.05) is 6.08 Å². The Morgan fingerprint density at radius 2 is 2.05 bits per heavy atom. The van der Waals surface area contributed by atoms with Crippen molar-refractivity contribution in [3.05, 3.63) is 44.1 Å². The summed E-state index contributed by atoms with van der Waals surface area (Å²) in [4.78, 5) is 23.2. The van der Waals surface area contributed by atoms with E-state index in [0.717, 1.165) is 3.79 Å². The molecule has 0 fully saturated rings. The van der Waals surface area contributed by atoms with E-state index in [9.17, 15) is 19.8 Å². The molecule has 2 unspecified atom stereocenters. The van der Waals surface area contributed by atoms with Crippen LogP contribution in [0.1, 0.15) is 24.3 Å². The summed E-state index contributed by atoms with van der Waals surface area (Å²) in [5.74, 6) is -2.29. The van der Waals surface area contributed by atoms with Crippen LogP contribution in [0.5, 0.6) is 0 Å². The Balaban J connectivity index is 2.45. The molecule has 3 N–H and O–H groups in total. The zero-order valence-electron chi connectivity index (χ0n) is 11.0. The Bertz CT molecular complexity index is 660. The van der Waals surface area contributed by atoms with E-state index in [1.165, 1.54) is 30.4 Å². The van der Waals surface area contributed by atoms with Gasteiger partial charge in [-0.3, -0.25) is 4.79 Å². The first-order valence-corrected chi connectivity index (χ1v) is 7.67. The van der Waals surface area contributed by atoms with Crippen LogP contribution in [-0.2, 0) is 9.59 Å². The number of hydrogen-bond donors (Lipinski definition) is 3. The third kappa shape index (κ3) is 3.25. The Morgan fingerprint density at radius 3 is 2.52 bits per heavy atom. The van der Waals surface area contributed by atoms with E-state index in [4.69, 9.17) is 5.11 Å². The smallest absolute Gasteiger partial charge is 0.331 e. The van der Waals surface area contributed by atoms with E-state index in [1.54, 1.807) is 12.1 Å². The lowest BCUT2D eigenvalue weighted by Crippen LogP contribution is -2.30. The second-order valence-corrected chi connectivity index (χ2v) is 7.56. The Kier molecular flexibility index (Phi) is 4.36. The molecule has 1 aromatic rings. The summed E-state index contributed by atoms with van der Waals surface area (Å²) in [5.41, 5.74) is -1.07. The maximum absolute atomic E-state index is 11.4. The fourth-order valence-electron chi connectivity index (χ4n) is 2.18. The van der Waals surface area contributed by atoms with Gasteiger partial charge in [-0.15, -0.1) is 11.3 Å². The largest absolute Gasteiger partial charge is 0.481 e. The molecule has 0 bridgehead atoms. The van der Waals surface area contributed by atoms with Crippen molar-refractivity contribution in [2.75, 3.05) is 0 Å². The highest BCUT2D eigenvalue weighted by Crippen LogP contribution is 2.40. The molecule has 21 heavy (non-hydrogen) atoms. The van der Waals surface area contributed by atoms with Crippen molar-refractivity contribution in [3.63, 3.8) is 0 Å². The monoisotopic (exact) mass is 372 g/mol. The van der Waals surface area contributed by atoms with Gasteiger partial charge in [0, 0.05) is 10.5 Å². The minimum Gasteiger partial charge on any atom is -0.481 e. The second kappa shape index (κ2) is 5.75. The van der Waals surface area contributed by atoms with Gasteiger partial charge in [-0.25, -0.2) is 4.79 Å². The quantitative estimate of drug-likeness (QED) is 0.754. The van der Waals surface area contributed by atoms with Crippen LogP contribution in [0.2, 0.25) is 0 Å². The number of aliphatic hydroxyl groups is 1. The number of hydrogen-bond acceptors (Lipinski definition) is 4. The van der Waals surface area contributed by atoms with Crippen LogP contribution in [0.4, 0.5) is 0 Å². The molecule has 0 amide bonds. The fraction of sp³-hybridized carbons (Fsp3) is 0.286. The van der Waals surface area contributed by atoms with Gasteiger partial charge >= 0.3 is 11.9 Å². The van der Waals surface area contributed by atoms with Crippen LogP contribution in [-0.4, -0.2) is 27.3 Å². The Labute approximate surface area is 133 Å². The predicted octanol–water partition coefficient (Wildman–Crippen LogP) is 2.98. The third-order valence-corrected chi connectivity index (χ3v) is 5.00. The van der Waals surface area contributed by atoms with Gasteiger partial charge in [0.15, 0.2) is 0 Å². The van der Waals surface area contributed by atoms with E-state index in [0.29, 0.717) is 4.88 Å². The van der Waals surface area contributed by atoms with Crippen molar-refractivity contribution in [2.45, 2.75) is 19.4 Å². The van der Waals surface area contributed by atoms with Gasteiger partial charge in [-0.05, 0) is 53.1 Å². The molecule has 1 aliphatic carbocycles. The van der Waals surface area contributed by atoms with E-state index < -0.39 is 23.5 Å². The number of aliphatic hydroxyl groups excluding tert-OH is 1. The molecule has 0 spiro atoms. The highest BCUT2D eigenvalue weighted by Gasteiger charge is 2.37.